The summed E-state index contributed by atoms with van der Waals surface area (Å²) >= 11 is 0. The molecular weight excluding hydrogens is 204 g/mol. The van der Waals surface area contributed by atoms with Crippen molar-refractivity contribution in [1.29, 1.82) is 0 Å². The van der Waals surface area contributed by atoms with Crippen LogP contribution in [0.3, 0.4) is 0 Å². The Labute approximate surface area is 97.1 Å². The summed E-state index contributed by atoms with van der Waals surface area (Å²) in [7, 11) is 0. The van der Waals surface area contributed by atoms with Crippen molar-refractivity contribution in [3.05, 3.63) is 0 Å². The van der Waals surface area contributed by atoms with E-state index < -0.39 is 0 Å². The summed E-state index contributed by atoms with van der Waals surface area (Å²) in [5, 5.41) is 6.40. The summed E-state index contributed by atoms with van der Waals surface area (Å²) in [6, 6.07) is 0.486. The molecule has 1 aliphatic heterocycles. The largest absolute Gasteiger partial charge is 0.381 e. The molecule has 2 aliphatic rings. The number of nitrogens with one attached hydrogen (secondary N) is 2. The summed E-state index contributed by atoms with van der Waals surface area (Å²) < 4.78 is 5.35. The molecule has 0 spiro atoms. The molecule has 2 fully saturated rings. The van der Waals surface area contributed by atoms with Crippen LogP contribution in [0.4, 0.5) is 0 Å². The molecule has 4 heteroatoms. The van der Waals surface area contributed by atoms with Gasteiger partial charge in [0.25, 0.3) is 0 Å². The summed E-state index contributed by atoms with van der Waals surface area (Å²) in [5.41, 5.74) is 0. The van der Waals surface area contributed by atoms with E-state index in [-0.39, 0.29) is 5.91 Å². The highest BCUT2D eigenvalue weighted by atomic mass is 16.5. The summed E-state index contributed by atoms with van der Waals surface area (Å²) in [6.45, 7) is 5.57. The standard InChI is InChI=1S/C12H22N2O2/c1-9(11-4-7-16-8-11)13-5-6-14-12(15)10-2-3-10/h9-11,13H,2-8H2,1H3,(H,14,15). The molecule has 2 atom stereocenters. The van der Waals surface area contributed by atoms with Crippen LogP contribution in [0.25, 0.3) is 0 Å². The van der Waals surface area contributed by atoms with Gasteiger partial charge in [-0.1, -0.05) is 0 Å². The number of hydrogen-bond acceptors (Lipinski definition) is 3. The van der Waals surface area contributed by atoms with Gasteiger partial charge in [0.2, 0.25) is 5.91 Å². The lowest BCUT2D eigenvalue weighted by Gasteiger charge is -2.19. The van der Waals surface area contributed by atoms with Gasteiger partial charge in [0.15, 0.2) is 0 Å². The van der Waals surface area contributed by atoms with Crippen LogP contribution in [0, 0.1) is 11.8 Å². The van der Waals surface area contributed by atoms with E-state index >= 15 is 0 Å². The quantitative estimate of drug-likeness (QED) is 0.649. The lowest BCUT2D eigenvalue weighted by atomic mass is 10.0. The highest BCUT2D eigenvalue weighted by molar-refractivity contribution is 5.80. The molecule has 0 aromatic rings. The van der Waals surface area contributed by atoms with Gasteiger partial charge in [-0.2, -0.15) is 0 Å². The number of rotatable bonds is 6. The molecule has 2 rings (SSSR count). The zero-order chi connectivity index (χ0) is 11.4. The van der Waals surface area contributed by atoms with Gasteiger partial charge in [0, 0.05) is 31.7 Å². The monoisotopic (exact) mass is 226 g/mol. The first-order valence-corrected chi connectivity index (χ1v) is 6.36. The van der Waals surface area contributed by atoms with E-state index in [4.69, 9.17) is 4.74 Å². The van der Waals surface area contributed by atoms with Gasteiger partial charge in [0.1, 0.15) is 0 Å². The molecule has 16 heavy (non-hydrogen) atoms. The predicted octanol–water partition coefficient (Wildman–Crippen LogP) is 0.527. The molecule has 0 aromatic heterocycles. The van der Waals surface area contributed by atoms with Gasteiger partial charge >= 0.3 is 0 Å². The van der Waals surface area contributed by atoms with E-state index in [0.29, 0.717) is 17.9 Å². The van der Waals surface area contributed by atoms with E-state index in [1.165, 1.54) is 0 Å². The highest BCUT2D eigenvalue weighted by Crippen LogP contribution is 2.28. The Morgan fingerprint density at radius 3 is 2.81 bits per heavy atom. The van der Waals surface area contributed by atoms with Crippen molar-refractivity contribution in [3.8, 4) is 0 Å². The number of hydrogen-bond donors (Lipinski definition) is 2. The van der Waals surface area contributed by atoms with Gasteiger partial charge in [-0.05, 0) is 32.1 Å². The normalized spacial score (nSPS) is 26.7. The molecule has 1 amide bonds. The van der Waals surface area contributed by atoms with Crippen LogP contribution < -0.4 is 10.6 Å². The summed E-state index contributed by atoms with van der Waals surface area (Å²) in [4.78, 5) is 11.3. The smallest absolute Gasteiger partial charge is 0.223 e. The van der Waals surface area contributed by atoms with E-state index in [9.17, 15) is 4.79 Å². The second-order valence-electron chi connectivity index (χ2n) is 4.93. The fraction of sp³-hybridized carbons (Fsp3) is 0.917. The second kappa shape index (κ2) is 5.64. The number of carbonyl (C=O) groups excluding carboxylic acids is 1. The van der Waals surface area contributed by atoms with Crippen molar-refractivity contribution in [2.45, 2.75) is 32.2 Å². The van der Waals surface area contributed by atoms with Gasteiger partial charge in [-0.15, -0.1) is 0 Å². The Morgan fingerprint density at radius 2 is 2.19 bits per heavy atom. The Bertz CT molecular complexity index is 235. The topological polar surface area (TPSA) is 50.4 Å². The van der Waals surface area contributed by atoms with Crippen LogP contribution in [0.15, 0.2) is 0 Å². The first kappa shape index (κ1) is 11.9. The maximum absolute atomic E-state index is 11.3. The van der Waals surface area contributed by atoms with Gasteiger partial charge < -0.3 is 15.4 Å². The minimum Gasteiger partial charge on any atom is -0.381 e. The molecule has 1 saturated heterocycles. The van der Waals surface area contributed by atoms with E-state index in [1.54, 1.807) is 0 Å². The third-order valence-corrected chi connectivity index (χ3v) is 3.51. The molecule has 92 valence electrons. The Hall–Kier alpha value is -0.610. The van der Waals surface area contributed by atoms with Crippen molar-refractivity contribution in [1.82, 2.24) is 10.6 Å². The van der Waals surface area contributed by atoms with Crippen LogP contribution >= 0.6 is 0 Å². The van der Waals surface area contributed by atoms with Crippen LogP contribution in [-0.4, -0.2) is 38.3 Å². The van der Waals surface area contributed by atoms with Crippen LogP contribution in [0.5, 0.6) is 0 Å². The fourth-order valence-corrected chi connectivity index (χ4v) is 2.09. The lowest BCUT2D eigenvalue weighted by molar-refractivity contribution is -0.122. The van der Waals surface area contributed by atoms with E-state index in [0.717, 1.165) is 45.6 Å². The second-order valence-corrected chi connectivity index (χ2v) is 4.93. The van der Waals surface area contributed by atoms with Crippen molar-refractivity contribution in [3.63, 3.8) is 0 Å². The third-order valence-electron chi connectivity index (χ3n) is 3.51. The molecule has 2 unspecified atom stereocenters. The van der Waals surface area contributed by atoms with E-state index in [1.807, 2.05) is 0 Å². The lowest BCUT2D eigenvalue weighted by Crippen LogP contribution is -2.39. The van der Waals surface area contributed by atoms with Crippen molar-refractivity contribution in [2.75, 3.05) is 26.3 Å². The van der Waals surface area contributed by atoms with Gasteiger partial charge in [0.05, 0.1) is 6.61 Å². The van der Waals surface area contributed by atoms with Gasteiger partial charge in [-0.3, -0.25) is 4.79 Å². The molecule has 0 bridgehead atoms. The number of ether oxygens (including phenoxy) is 1. The fourth-order valence-electron chi connectivity index (χ4n) is 2.09. The maximum atomic E-state index is 11.3. The first-order valence-electron chi connectivity index (χ1n) is 6.36. The van der Waals surface area contributed by atoms with Crippen LogP contribution in [0.1, 0.15) is 26.2 Å². The minimum atomic E-state index is 0.235. The Balaban J connectivity index is 1.51. The first-order chi connectivity index (χ1) is 7.77. The van der Waals surface area contributed by atoms with Crippen molar-refractivity contribution in [2.24, 2.45) is 11.8 Å². The number of carbonyl (C=O) groups is 1. The summed E-state index contributed by atoms with van der Waals surface area (Å²) in [5.74, 6) is 1.19. The third kappa shape index (κ3) is 3.46. The summed E-state index contributed by atoms with van der Waals surface area (Å²) in [6.07, 6.45) is 3.31. The highest BCUT2D eigenvalue weighted by Gasteiger charge is 2.29. The molecule has 0 radical (unpaired) electrons. The molecule has 1 aliphatic carbocycles. The Kier molecular flexibility index (Phi) is 4.18. The molecular formula is C12H22N2O2. The van der Waals surface area contributed by atoms with Gasteiger partial charge in [-0.25, -0.2) is 0 Å². The average Bonchev–Trinajstić information content (AvgIpc) is 2.99. The molecule has 2 N–H and O–H groups in total. The maximum Gasteiger partial charge on any atom is 0.223 e. The van der Waals surface area contributed by atoms with Crippen LogP contribution in [-0.2, 0) is 9.53 Å². The number of amides is 1. The molecule has 0 aromatic carbocycles. The average molecular weight is 226 g/mol. The van der Waals surface area contributed by atoms with Crippen molar-refractivity contribution >= 4 is 5.91 Å². The zero-order valence-electron chi connectivity index (χ0n) is 10.00. The van der Waals surface area contributed by atoms with Crippen molar-refractivity contribution < 1.29 is 9.53 Å². The van der Waals surface area contributed by atoms with Crippen LogP contribution in [0.2, 0.25) is 0 Å². The van der Waals surface area contributed by atoms with E-state index in [2.05, 4.69) is 17.6 Å². The molecule has 1 saturated carbocycles. The Morgan fingerprint density at radius 1 is 1.38 bits per heavy atom. The molecule has 4 nitrogen and oxygen atoms in total. The predicted molar refractivity (Wildman–Crippen MR) is 62.1 cm³/mol. The zero-order valence-corrected chi connectivity index (χ0v) is 10.00. The minimum absolute atomic E-state index is 0.235. The molecule has 1 heterocycles. The SMILES string of the molecule is CC(NCCNC(=O)C1CC1)C1CCOC1.